The number of hydrogen-bond acceptors (Lipinski definition) is 2. The zero-order chi connectivity index (χ0) is 14.6. The smallest absolute Gasteiger partial charge is 0.0360 e. The molecule has 0 amide bonds. The monoisotopic (exact) mass is 274 g/mol. The summed E-state index contributed by atoms with van der Waals surface area (Å²) in [4.78, 5) is 2.54. The van der Waals surface area contributed by atoms with Crippen LogP contribution in [0.15, 0.2) is 24.3 Å². The fourth-order valence-electron chi connectivity index (χ4n) is 4.05. The van der Waals surface area contributed by atoms with E-state index in [1.165, 1.54) is 43.2 Å². The van der Waals surface area contributed by atoms with Gasteiger partial charge in [-0.1, -0.05) is 56.0 Å². The Morgan fingerprint density at radius 3 is 2.80 bits per heavy atom. The topological polar surface area (TPSA) is 29.3 Å². The molecule has 2 atom stereocenters. The molecule has 0 bridgehead atoms. The van der Waals surface area contributed by atoms with Gasteiger partial charge < -0.3 is 5.73 Å². The third kappa shape index (κ3) is 3.07. The summed E-state index contributed by atoms with van der Waals surface area (Å²) < 4.78 is 0. The summed E-state index contributed by atoms with van der Waals surface area (Å²) in [5, 5.41) is 0. The minimum atomic E-state index is 0.205. The summed E-state index contributed by atoms with van der Waals surface area (Å²) >= 11 is 0. The van der Waals surface area contributed by atoms with Crippen LogP contribution in [0.3, 0.4) is 0 Å². The molecule has 2 unspecified atom stereocenters. The number of nitrogens with two attached hydrogens (primary N) is 1. The molecule has 2 rings (SSSR count). The average Bonchev–Trinajstić information content (AvgIpc) is 2.46. The van der Waals surface area contributed by atoms with Crippen molar-refractivity contribution in [1.82, 2.24) is 4.90 Å². The second kappa shape index (κ2) is 6.73. The van der Waals surface area contributed by atoms with Gasteiger partial charge in [-0.15, -0.1) is 0 Å². The number of aryl methyl sites for hydroxylation is 1. The van der Waals surface area contributed by atoms with Gasteiger partial charge in [0.15, 0.2) is 0 Å². The molecule has 1 aromatic rings. The zero-order valence-electron chi connectivity index (χ0n) is 13.4. The van der Waals surface area contributed by atoms with E-state index in [1.54, 1.807) is 0 Å². The molecule has 1 aliphatic carbocycles. The largest absolute Gasteiger partial charge is 0.329 e. The zero-order valence-corrected chi connectivity index (χ0v) is 13.4. The normalized spacial score (nSPS) is 26.9. The highest BCUT2D eigenvalue weighted by molar-refractivity contribution is 5.22. The van der Waals surface area contributed by atoms with Crippen molar-refractivity contribution in [3.8, 4) is 0 Å². The van der Waals surface area contributed by atoms with E-state index in [2.05, 4.69) is 50.1 Å². The Labute approximate surface area is 124 Å². The second-order valence-electron chi connectivity index (χ2n) is 6.50. The number of benzene rings is 1. The fraction of sp³-hybridized carbons (Fsp3) is 0.667. The standard InChI is InChI=1S/C18H30N2/c1-4-17-10-5-6-11-18(17,14-19)20(3)13-16-9-7-8-15(2)12-16/h7-9,12,17H,4-6,10-11,13-14,19H2,1-3H3. The number of nitrogens with zero attached hydrogens (tertiary/aromatic N) is 1. The molecule has 2 heteroatoms. The first-order chi connectivity index (χ1) is 9.62. The maximum Gasteiger partial charge on any atom is 0.0360 e. The van der Waals surface area contributed by atoms with Crippen LogP contribution in [-0.2, 0) is 6.54 Å². The highest BCUT2D eigenvalue weighted by Gasteiger charge is 2.41. The highest BCUT2D eigenvalue weighted by atomic mass is 15.2. The van der Waals surface area contributed by atoms with Crippen molar-refractivity contribution < 1.29 is 0 Å². The SMILES string of the molecule is CCC1CCCCC1(CN)N(C)Cc1cccc(C)c1. The van der Waals surface area contributed by atoms with E-state index >= 15 is 0 Å². The molecule has 0 radical (unpaired) electrons. The lowest BCUT2D eigenvalue weighted by Crippen LogP contribution is -2.58. The van der Waals surface area contributed by atoms with Crippen LogP contribution in [0.2, 0.25) is 0 Å². The maximum absolute atomic E-state index is 6.25. The van der Waals surface area contributed by atoms with Gasteiger partial charge in [0.1, 0.15) is 0 Å². The van der Waals surface area contributed by atoms with Crippen molar-refractivity contribution in [2.75, 3.05) is 13.6 Å². The summed E-state index contributed by atoms with van der Waals surface area (Å²) in [6.07, 6.45) is 6.54. The minimum Gasteiger partial charge on any atom is -0.329 e. The Balaban J connectivity index is 2.17. The fourth-order valence-corrected chi connectivity index (χ4v) is 4.05. The van der Waals surface area contributed by atoms with Gasteiger partial charge in [0.05, 0.1) is 0 Å². The summed E-state index contributed by atoms with van der Waals surface area (Å²) in [6.45, 7) is 6.28. The van der Waals surface area contributed by atoms with E-state index in [-0.39, 0.29) is 5.54 Å². The molecule has 0 spiro atoms. The first kappa shape index (κ1) is 15.5. The number of likely N-dealkylation sites (N-methyl/N-ethyl adjacent to an activating group) is 1. The lowest BCUT2D eigenvalue weighted by molar-refractivity contribution is 0.0177. The van der Waals surface area contributed by atoms with Crippen LogP contribution in [0.4, 0.5) is 0 Å². The lowest BCUT2D eigenvalue weighted by Gasteiger charge is -2.49. The van der Waals surface area contributed by atoms with Gasteiger partial charge >= 0.3 is 0 Å². The molecular formula is C18H30N2. The first-order valence-corrected chi connectivity index (χ1v) is 8.09. The highest BCUT2D eigenvalue weighted by Crippen LogP contribution is 2.39. The summed E-state index contributed by atoms with van der Waals surface area (Å²) in [7, 11) is 2.27. The van der Waals surface area contributed by atoms with E-state index in [4.69, 9.17) is 5.73 Å². The predicted octanol–water partition coefficient (Wildman–Crippen LogP) is 3.72. The van der Waals surface area contributed by atoms with E-state index in [9.17, 15) is 0 Å². The molecule has 0 heterocycles. The maximum atomic E-state index is 6.25. The van der Waals surface area contributed by atoms with Crippen molar-refractivity contribution >= 4 is 0 Å². The van der Waals surface area contributed by atoms with Crippen LogP contribution < -0.4 is 5.73 Å². The quantitative estimate of drug-likeness (QED) is 0.886. The van der Waals surface area contributed by atoms with Crippen LogP contribution in [0.1, 0.15) is 50.2 Å². The molecule has 0 saturated heterocycles. The van der Waals surface area contributed by atoms with Gasteiger partial charge in [-0.05, 0) is 38.3 Å². The van der Waals surface area contributed by atoms with Gasteiger partial charge in [0.25, 0.3) is 0 Å². The minimum absolute atomic E-state index is 0.205. The van der Waals surface area contributed by atoms with Crippen molar-refractivity contribution in [2.24, 2.45) is 11.7 Å². The molecule has 1 saturated carbocycles. The summed E-state index contributed by atoms with van der Waals surface area (Å²) in [5.41, 5.74) is 9.20. The van der Waals surface area contributed by atoms with E-state index in [0.29, 0.717) is 0 Å². The van der Waals surface area contributed by atoms with Gasteiger partial charge in [0.2, 0.25) is 0 Å². The van der Waals surface area contributed by atoms with Crippen molar-refractivity contribution in [3.63, 3.8) is 0 Å². The summed E-state index contributed by atoms with van der Waals surface area (Å²) in [5.74, 6) is 0.746. The molecular weight excluding hydrogens is 244 g/mol. The van der Waals surface area contributed by atoms with Gasteiger partial charge in [0, 0.05) is 18.6 Å². The Hall–Kier alpha value is -0.860. The number of rotatable bonds is 5. The third-order valence-corrected chi connectivity index (χ3v) is 5.28. The van der Waals surface area contributed by atoms with E-state index < -0.39 is 0 Å². The molecule has 112 valence electrons. The van der Waals surface area contributed by atoms with Crippen LogP contribution in [0.25, 0.3) is 0 Å². The Kier molecular flexibility index (Phi) is 5.22. The van der Waals surface area contributed by atoms with Crippen LogP contribution >= 0.6 is 0 Å². The molecule has 1 aliphatic rings. The number of hydrogen-bond donors (Lipinski definition) is 1. The molecule has 1 fully saturated rings. The molecule has 1 aromatic carbocycles. The van der Waals surface area contributed by atoms with E-state index in [1.807, 2.05) is 0 Å². The Morgan fingerprint density at radius 2 is 2.15 bits per heavy atom. The molecule has 20 heavy (non-hydrogen) atoms. The summed E-state index contributed by atoms with van der Waals surface area (Å²) in [6, 6.07) is 8.85. The van der Waals surface area contributed by atoms with Crippen LogP contribution in [-0.4, -0.2) is 24.0 Å². The molecule has 0 aromatic heterocycles. The Morgan fingerprint density at radius 1 is 1.35 bits per heavy atom. The van der Waals surface area contributed by atoms with Crippen molar-refractivity contribution in [3.05, 3.63) is 35.4 Å². The molecule has 2 N–H and O–H groups in total. The lowest BCUT2D eigenvalue weighted by atomic mass is 9.70. The van der Waals surface area contributed by atoms with Crippen LogP contribution in [0, 0.1) is 12.8 Å². The average molecular weight is 274 g/mol. The van der Waals surface area contributed by atoms with Crippen LogP contribution in [0.5, 0.6) is 0 Å². The van der Waals surface area contributed by atoms with Crippen molar-refractivity contribution in [2.45, 2.75) is 58.0 Å². The molecule has 0 aliphatic heterocycles. The third-order valence-electron chi connectivity index (χ3n) is 5.28. The van der Waals surface area contributed by atoms with E-state index in [0.717, 1.165) is 19.0 Å². The predicted molar refractivity (Wildman–Crippen MR) is 86.7 cm³/mol. The first-order valence-electron chi connectivity index (χ1n) is 8.09. The van der Waals surface area contributed by atoms with Gasteiger partial charge in [-0.2, -0.15) is 0 Å². The van der Waals surface area contributed by atoms with Gasteiger partial charge in [-0.3, -0.25) is 4.90 Å². The molecule has 2 nitrogen and oxygen atoms in total. The van der Waals surface area contributed by atoms with Gasteiger partial charge in [-0.25, -0.2) is 0 Å². The Bertz CT molecular complexity index is 429. The van der Waals surface area contributed by atoms with Crippen molar-refractivity contribution in [1.29, 1.82) is 0 Å². The second-order valence-corrected chi connectivity index (χ2v) is 6.50.